The summed E-state index contributed by atoms with van der Waals surface area (Å²) in [4.78, 5) is 33.8. The first-order valence-corrected chi connectivity index (χ1v) is 7.00. The van der Waals surface area contributed by atoms with Crippen LogP contribution in [0.3, 0.4) is 0 Å². The van der Waals surface area contributed by atoms with E-state index in [1.54, 1.807) is 6.92 Å². The summed E-state index contributed by atoms with van der Waals surface area (Å²) in [5, 5.41) is 20.6. The highest BCUT2D eigenvalue weighted by atomic mass is 19.4. The summed E-state index contributed by atoms with van der Waals surface area (Å²) in [7, 11) is 0. The van der Waals surface area contributed by atoms with Crippen LogP contribution in [0.5, 0.6) is 0 Å². The number of rotatable bonds is 2. The zero-order chi connectivity index (χ0) is 19.6. The fourth-order valence-electron chi connectivity index (χ4n) is 2.03. The largest absolute Gasteiger partial charge is 0.423 e. The molecule has 8 nitrogen and oxygen atoms in total. The molecule has 1 saturated heterocycles. The predicted octanol–water partition coefficient (Wildman–Crippen LogP) is 2.45. The maximum atomic E-state index is 12.9. The first-order chi connectivity index (χ1) is 11.4. The smallest absolute Gasteiger partial charge is 0.397 e. The molecule has 2 N–H and O–H groups in total. The van der Waals surface area contributed by atoms with Gasteiger partial charge in [0.1, 0.15) is 11.1 Å². The van der Waals surface area contributed by atoms with Crippen molar-refractivity contribution >= 4 is 23.3 Å². The molecule has 0 aromatic heterocycles. The third-order valence-corrected chi connectivity index (χ3v) is 3.10. The number of hydrogen-bond donors (Lipinski definition) is 2. The van der Waals surface area contributed by atoms with Crippen LogP contribution in [0.25, 0.3) is 0 Å². The number of urea groups is 1. The van der Waals surface area contributed by atoms with E-state index in [0.717, 1.165) is 6.07 Å². The number of carbonyl (C=O) groups excluding carboxylic acids is 2. The predicted molar refractivity (Wildman–Crippen MR) is 81.0 cm³/mol. The molecule has 25 heavy (non-hydrogen) atoms. The number of aliphatic hydroxyl groups excluding tert-OH is 1. The van der Waals surface area contributed by atoms with Crippen molar-refractivity contribution in [1.82, 2.24) is 5.32 Å². The van der Waals surface area contributed by atoms with Crippen molar-refractivity contribution in [2.75, 3.05) is 11.5 Å². The number of imide groups is 1. The Bertz CT molecular complexity index is 703. The van der Waals surface area contributed by atoms with E-state index >= 15 is 0 Å². The van der Waals surface area contributed by atoms with Gasteiger partial charge in [-0.15, -0.1) is 0 Å². The van der Waals surface area contributed by atoms with Crippen molar-refractivity contribution < 1.29 is 32.8 Å². The summed E-state index contributed by atoms with van der Waals surface area (Å²) in [5.74, 6) is -0.750. The lowest BCUT2D eigenvalue weighted by molar-refractivity contribution is -0.388. The second-order valence-corrected chi connectivity index (χ2v) is 5.47. The number of amides is 3. The molecule has 0 saturated carbocycles. The minimum absolute atomic E-state index is 0.250. The number of halogens is 3. The van der Waals surface area contributed by atoms with E-state index < -0.39 is 39.8 Å². The van der Waals surface area contributed by atoms with Gasteiger partial charge in [0.05, 0.1) is 10.6 Å². The summed E-state index contributed by atoms with van der Waals surface area (Å²) in [6, 6.07) is 1.06. The number of aliphatic hydroxyl groups is 1. The Hall–Kier alpha value is -2.69. The number of benzene rings is 1. The van der Waals surface area contributed by atoms with E-state index in [0.29, 0.717) is 17.0 Å². The molecule has 0 unspecified atom stereocenters. The maximum absolute atomic E-state index is 12.9. The van der Waals surface area contributed by atoms with Crippen LogP contribution in [0.1, 0.15) is 26.3 Å². The first kappa shape index (κ1) is 20.4. The van der Waals surface area contributed by atoms with Crippen LogP contribution >= 0.6 is 0 Å². The topological polar surface area (TPSA) is 113 Å². The van der Waals surface area contributed by atoms with E-state index in [1.807, 2.05) is 0 Å². The second kappa shape index (κ2) is 7.05. The third kappa shape index (κ3) is 4.24. The van der Waals surface area contributed by atoms with Gasteiger partial charge in [0, 0.05) is 12.7 Å². The Morgan fingerprint density at radius 2 is 1.84 bits per heavy atom. The molecule has 1 aromatic carbocycles. The van der Waals surface area contributed by atoms with Crippen LogP contribution in [-0.2, 0) is 11.0 Å². The molecule has 3 amide bonds. The highest BCUT2D eigenvalue weighted by Gasteiger charge is 2.46. The van der Waals surface area contributed by atoms with Gasteiger partial charge in [0.15, 0.2) is 0 Å². The molecule has 0 spiro atoms. The molecule has 0 aliphatic carbocycles. The molecule has 1 aromatic rings. The van der Waals surface area contributed by atoms with E-state index in [-0.39, 0.29) is 12.3 Å². The Morgan fingerprint density at radius 1 is 1.32 bits per heavy atom. The highest BCUT2D eigenvalue weighted by Crippen LogP contribution is 2.39. The summed E-state index contributed by atoms with van der Waals surface area (Å²) >= 11 is 0. The molecule has 0 radical (unpaired) electrons. The first-order valence-electron chi connectivity index (χ1n) is 7.00. The molecule has 0 bridgehead atoms. The fourth-order valence-corrected chi connectivity index (χ4v) is 2.03. The number of anilines is 1. The minimum atomic E-state index is -4.99. The lowest BCUT2D eigenvalue weighted by Crippen LogP contribution is -2.40. The second-order valence-electron chi connectivity index (χ2n) is 5.47. The van der Waals surface area contributed by atoms with E-state index in [1.165, 1.54) is 13.8 Å². The van der Waals surface area contributed by atoms with Gasteiger partial charge in [0.25, 0.3) is 11.6 Å². The Balaban J connectivity index is 0.000000970. The summed E-state index contributed by atoms with van der Waals surface area (Å²) in [6.45, 7) is 4.71. The number of nitrogens with zero attached hydrogens (tertiary/aromatic N) is 2. The minimum Gasteiger partial charge on any atom is -0.397 e. The molecular weight excluding hydrogens is 347 g/mol. The van der Waals surface area contributed by atoms with Crippen LogP contribution in [0.4, 0.5) is 29.3 Å². The van der Waals surface area contributed by atoms with Crippen LogP contribution in [-0.4, -0.2) is 34.1 Å². The number of alkyl halides is 3. The molecule has 11 heteroatoms. The van der Waals surface area contributed by atoms with Crippen LogP contribution < -0.4 is 10.2 Å². The van der Waals surface area contributed by atoms with Crippen molar-refractivity contribution in [3.63, 3.8) is 0 Å². The van der Waals surface area contributed by atoms with E-state index in [9.17, 15) is 32.9 Å². The van der Waals surface area contributed by atoms with Gasteiger partial charge < -0.3 is 10.4 Å². The van der Waals surface area contributed by atoms with E-state index in [2.05, 4.69) is 5.32 Å². The van der Waals surface area contributed by atoms with Gasteiger partial charge in [-0.2, -0.15) is 13.2 Å². The SMILES string of the molecule is CC1(C)NC(=O)N(c2ccc([N+](=O)[O-])c(C(F)(F)F)c2)C1=O.CCO. The van der Waals surface area contributed by atoms with E-state index in [4.69, 9.17) is 5.11 Å². The average Bonchev–Trinajstić information content (AvgIpc) is 2.66. The molecule has 1 fully saturated rings. The average molecular weight is 363 g/mol. The van der Waals surface area contributed by atoms with Gasteiger partial charge >= 0.3 is 12.2 Å². The number of nitrogens with one attached hydrogen (secondary N) is 1. The molecule has 138 valence electrons. The molecule has 1 heterocycles. The lowest BCUT2D eigenvalue weighted by Gasteiger charge is -2.17. The highest BCUT2D eigenvalue weighted by molar-refractivity contribution is 6.23. The van der Waals surface area contributed by atoms with Gasteiger partial charge in [0.2, 0.25) is 0 Å². The maximum Gasteiger partial charge on any atom is 0.423 e. The van der Waals surface area contributed by atoms with Gasteiger partial charge in [-0.05, 0) is 32.9 Å². The van der Waals surface area contributed by atoms with Crippen LogP contribution in [0.15, 0.2) is 18.2 Å². The quantitative estimate of drug-likeness (QED) is 0.476. The number of carbonyl (C=O) groups is 2. The molecule has 1 aliphatic rings. The standard InChI is InChI=1S/C12H10F3N3O4.C2H6O/c1-11(2)9(19)17(10(20)16-11)6-3-4-8(18(21)22)7(5-6)12(13,14)15;1-2-3/h3-5H,1-2H3,(H,16,20);3H,2H2,1H3. The molecule has 0 atom stereocenters. The van der Waals surface area contributed by atoms with Crippen molar-refractivity contribution in [1.29, 1.82) is 0 Å². The van der Waals surface area contributed by atoms with Crippen LogP contribution in [0.2, 0.25) is 0 Å². The lowest BCUT2D eigenvalue weighted by atomic mass is 10.1. The number of hydrogen-bond acceptors (Lipinski definition) is 5. The van der Waals surface area contributed by atoms with Crippen LogP contribution in [0, 0.1) is 10.1 Å². The third-order valence-electron chi connectivity index (χ3n) is 3.10. The number of nitro groups is 1. The van der Waals surface area contributed by atoms with Crippen molar-refractivity contribution in [2.24, 2.45) is 0 Å². The van der Waals surface area contributed by atoms with Crippen molar-refractivity contribution in [3.8, 4) is 0 Å². The summed E-state index contributed by atoms with van der Waals surface area (Å²) < 4.78 is 38.7. The molecular formula is C14H16F3N3O5. The zero-order valence-corrected chi connectivity index (χ0v) is 13.5. The molecule has 1 aliphatic heterocycles. The Kier molecular flexibility index (Phi) is 5.74. The monoisotopic (exact) mass is 363 g/mol. The zero-order valence-electron chi connectivity index (χ0n) is 13.5. The van der Waals surface area contributed by atoms with Crippen molar-refractivity contribution in [3.05, 3.63) is 33.9 Å². The summed E-state index contributed by atoms with van der Waals surface area (Å²) in [6.07, 6.45) is -4.99. The van der Waals surface area contributed by atoms with Gasteiger partial charge in [-0.3, -0.25) is 14.9 Å². The summed E-state index contributed by atoms with van der Waals surface area (Å²) in [5.41, 5.74) is -4.33. The molecule has 2 rings (SSSR count). The fraction of sp³-hybridized carbons (Fsp3) is 0.429. The Morgan fingerprint density at radius 3 is 2.20 bits per heavy atom. The van der Waals surface area contributed by atoms with Crippen molar-refractivity contribution in [2.45, 2.75) is 32.5 Å². The number of nitro benzene ring substituents is 1. The normalized spacial score (nSPS) is 16.2. The Labute approximate surface area is 140 Å². The van der Waals surface area contributed by atoms with Gasteiger partial charge in [-0.1, -0.05) is 0 Å². The van der Waals surface area contributed by atoms with Gasteiger partial charge in [-0.25, -0.2) is 9.69 Å².